The molecule has 2 rings (SSSR count). The minimum absolute atomic E-state index is 0.0581. The van der Waals surface area contributed by atoms with Crippen LogP contribution in [-0.4, -0.2) is 12.5 Å². The lowest BCUT2D eigenvalue weighted by Gasteiger charge is -2.20. The molecule has 1 aromatic rings. The van der Waals surface area contributed by atoms with Gasteiger partial charge in [-0.2, -0.15) is 13.2 Å². The first-order chi connectivity index (χ1) is 9.66. The van der Waals surface area contributed by atoms with E-state index in [4.69, 9.17) is 0 Å². The van der Waals surface area contributed by atoms with Crippen molar-refractivity contribution in [2.75, 3.05) is 6.54 Å². The van der Waals surface area contributed by atoms with Gasteiger partial charge in [0.15, 0.2) is 0 Å². The summed E-state index contributed by atoms with van der Waals surface area (Å²) in [6, 6.07) is 2.29. The molecule has 1 aliphatic carbocycles. The van der Waals surface area contributed by atoms with Gasteiger partial charge in [0, 0.05) is 12.1 Å². The SMILES string of the molecule is CC(C)C1(CNC(=O)c2ccc(F)c(C(F)(F)F)c2)CC1. The predicted octanol–water partition coefficient (Wildman–Crippen LogP) is 4.01. The van der Waals surface area contributed by atoms with Crippen molar-refractivity contribution in [2.24, 2.45) is 11.3 Å². The summed E-state index contributed by atoms with van der Waals surface area (Å²) in [6.45, 7) is 4.54. The maximum atomic E-state index is 13.2. The largest absolute Gasteiger partial charge is 0.419 e. The number of alkyl halides is 3. The maximum absolute atomic E-state index is 13.2. The van der Waals surface area contributed by atoms with Gasteiger partial charge in [-0.25, -0.2) is 4.39 Å². The van der Waals surface area contributed by atoms with Crippen LogP contribution in [0.3, 0.4) is 0 Å². The molecule has 116 valence electrons. The lowest BCUT2D eigenvalue weighted by atomic mass is 9.92. The monoisotopic (exact) mass is 303 g/mol. The second-order valence-electron chi connectivity index (χ2n) is 5.89. The zero-order valence-corrected chi connectivity index (χ0v) is 11.9. The number of halogens is 4. The molecule has 0 bridgehead atoms. The van der Waals surface area contributed by atoms with Gasteiger partial charge >= 0.3 is 6.18 Å². The van der Waals surface area contributed by atoms with Gasteiger partial charge in [0.05, 0.1) is 5.56 Å². The molecule has 1 saturated carbocycles. The second-order valence-corrected chi connectivity index (χ2v) is 5.89. The molecular weight excluding hydrogens is 286 g/mol. The Morgan fingerprint density at radius 2 is 1.95 bits per heavy atom. The quantitative estimate of drug-likeness (QED) is 0.837. The van der Waals surface area contributed by atoms with Crippen molar-refractivity contribution in [1.29, 1.82) is 0 Å². The van der Waals surface area contributed by atoms with Gasteiger partial charge in [-0.1, -0.05) is 13.8 Å². The Kier molecular flexibility index (Phi) is 4.00. The number of benzene rings is 1. The van der Waals surface area contributed by atoms with E-state index in [2.05, 4.69) is 19.2 Å². The zero-order valence-electron chi connectivity index (χ0n) is 11.9. The first-order valence-electron chi connectivity index (χ1n) is 6.81. The van der Waals surface area contributed by atoms with Crippen LogP contribution in [0, 0.1) is 17.2 Å². The molecule has 0 saturated heterocycles. The molecule has 1 aromatic carbocycles. The maximum Gasteiger partial charge on any atom is 0.419 e. The third kappa shape index (κ3) is 3.36. The van der Waals surface area contributed by atoms with Crippen LogP contribution in [0.5, 0.6) is 0 Å². The number of hydrogen-bond acceptors (Lipinski definition) is 1. The molecule has 0 aliphatic heterocycles. The fourth-order valence-electron chi connectivity index (χ4n) is 2.36. The highest BCUT2D eigenvalue weighted by molar-refractivity contribution is 5.94. The van der Waals surface area contributed by atoms with Gasteiger partial charge in [0.2, 0.25) is 0 Å². The Morgan fingerprint density at radius 1 is 1.33 bits per heavy atom. The van der Waals surface area contributed by atoms with E-state index in [1.807, 2.05) is 0 Å². The van der Waals surface area contributed by atoms with Gasteiger partial charge in [0.1, 0.15) is 5.82 Å². The number of carbonyl (C=O) groups excluding carboxylic acids is 1. The number of amides is 1. The van der Waals surface area contributed by atoms with E-state index in [1.165, 1.54) is 0 Å². The minimum atomic E-state index is -4.81. The van der Waals surface area contributed by atoms with Crippen molar-refractivity contribution in [3.63, 3.8) is 0 Å². The number of hydrogen-bond donors (Lipinski definition) is 1. The van der Waals surface area contributed by atoms with Crippen molar-refractivity contribution in [3.8, 4) is 0 Å². The normalized spacial score (nSPS) is 16.9. The molecule has 0 spiro atoms. The lowest BCUT2D eigenvalue weighted by molar-refractivity contribution is -0.140. The van der Waals surface area contributed by atoms with Gasteiger partial charge in [-0.3, -0.25) is 4.79 Å². The summed E-state index contributed by atoms with van der Waals surface area (Å²) >= 11 is 0. The van der Waals surface area contributed by atoms with Crippen LogP contribution in [0.1, 0.15) is 42.6 Å². The number of rotatable bonds is 4. The molecule has 2 nitrogen and oxygen atoms in total. The number of carbonyl (C=O) groups is 1. The Bertz CT molecular complexity index is 547. The van der Waals surface area contributed by atoms with Crippen LogP contribution < -0.4 is 5.32 Å². The summed E-state index contributed by atoms with van der Waals surface area (Å²) in [7, 11) is 0. The van der Waals surface area contributed by atoms with Gasteiger partial charge in [-0.15, -0.1) is 0 Å². The molecule has 1 amide bonds. The smallest absolute Gasteiger partial charge is 0.351 e. The molecule has 0 heterocycles. The molecule has 6 heteroatoms. The molecule has 1 aliphatic rings. The van der Waals surface area contributed by atoms with E-state index < -0.39 is 23.5 Å². The van der Waals surface area contributed by atoms with Crippen molar-refractivity contribution in [1.82, 2.24) is 5.32 Å². The van der Waals surface area contributed by atoms with Gasteiger partial charge in [-0.05, 0) is 42.4 Å². The first-order valence-corrected chi connectivity index (χ1v) is 6.81. The van der Waals surface area contributed by atoms with E-state index >= 15 is 0 Å². The molecule has 1 N–H and O–H groups in total. The van der Waals surface area contributed by atoms with E-state index in [-0.39, 0.29) is 11.0 Å². The van der Waals surface area contributed by atoms with Crippen LogP contribution in [0.2, 0.25) is 0 Å². The summed E-state index contributed by atoms with van der Waals surface area (Å²) in [6.07, 6.45) is -2.81. The molecule has 0 aromatic heterocycles. The van der Waals surface area contributed by atoms with Crippen molar-refractivity contribution in [2.45, 2.75) is 32.9 Å². The number of nitrogens with one attached hydrogen (secondary N) is 1. The van der Waals surface area contributed by atoms with Crippen LogP contribution >= 0.6 is 0 Å². The molecule has 1 fully saturated rings. The summed E-state index contributed by atoms with van der Waals surface area (Å²) in [5, 5.41) is 2.65. The summed E-state index contributed by atoms with van der Waals surface area (Å²) < 4.78 is 51.0. The van der Waals surface area contributed by atoms with Crippen LogP contribution in [0.4, 0.5) is 17.6 Å². The second kappa shape index (κ2) is 5.31. The summed E-state index contributed by atoms with van der Waals surface area (Å²) in [5.41, 5.74) is -1.54. The zero-order chi connectivity index (χ0) is 15.8. The van der Waals surface area contributed by atoms with Crippen molar-refractivity contribution in [3.05, 3.63) is 35.1 Å². The Morgan fingerprint density at radius 3 is 2.43 bits per heavy atom. The van der Waals surface area contributed by atoms with Crippen molar-refractivity contribution >= 4 is 5.91 Å². The summed E-state index contributed by atoms with van der Waals surface area (Å²) in [5.74, 6) is -1.58. The van der Waals surface area contributed by atoms with Gasteiger partial charge < -0.3 is 5.32 Å². The standard InChI is InChI=1S/C15H17F4NO/c1-9(2)14(5-6-14)8-20-13(21)10-3-4-12(16)11(7-10)15(17,18)19/h3-4,7,9H,5-6,8H2,1-2H3,(H,20,21). The van der Waals surface area contributed by atoms with E-state index in [9.17, 15) is 22.4 Å². The lowest BCUT2D eigenvalue weighted by Crippen LogP contribution is -2.32. The predicted molar refractivity (Wildman–Crippen MR) is 70.2 cm³/mol. The van der Waals surface area contributed by atoms with E-state index in [1.54, 1.807) is 0 Å². The highest BCUT2D eigenvalue weighted by atomic mass is 19.4. The first kappa shape index (κ1) is 15.8. The fraction of sp³-hybridized carbons (Fsp3) is 0.533. The third-order valence-corrected chi connectivity index (χ3v) is 4.25. The Hall–Kier alpha value is -1.59. The fourth-order valence-corrected chi connectivity index (χ4v) is 2.36. The van der Waals surface area contributed by atoms with E-state index in [0.29, 0.717) is 24.6 Å². The molecule has 0 atom stereocenters. The summed E-state index contributed by atoms with van der Waals surface area (Å²) in [4.78, 5) is 11.9. The third-order valence-electron chi connectivity index (χ3n) is 4.25. The average Bonchev–Trinajstić information content (AvgIpc) is 3.16. The Labute approximate surface area is 120 Å². The van der Waals surface area contributed by atoms with Gasteiger partial charge in [0.25, 0.3) is 5.91 Å². The van der Waals surface area contributed by atoms with Crippen LogP contribution in [0.15, 0.2) is 18.2 Å². The highest BCUT2D eigenvalue weighted by Gasteiger charge is 2.45. The highest BCUT2D eigenvalue weighted by Crippen LogP contribution is 2.51. The molecule has 21 heavy (non-hydrogen) atoms. The van der Waals surface area contributed by atoms with Crippen LogP contribution in [-0.2, 0) is 6.18 Å². The molecule has 0 unspecified atom stereocenters. The Balaban J connectivity index is 2.10. The molecule has 0 radical (unpaired) electrons. The molecular formula is C15H17F4NO. The average molecular weight is 303 g/mol. The topological polar surface area (TPSA) is 29.1 Å². The van der Waals surface area contributed by atoms with Crippen molar-refractivity contribution < 1.29 is 22.4 Å². The van der Waals surface area contributed by atoms with E-state index in [0.717, 1.165) is 18.9 Å². The van der Waals surface area contributed by atoms with Crippen LogP contribution in [0.25, 0.3) is 0 Å². The minimum Gasteiger partial charge on any atom is -0.351 e.